The number of aryl methyl sites for hydroxylation is 1. The number of benzene rings is 2. The lowest BCUT2D eigenvalue weighted by molar-refractivity contribution is 0.312. The molecule has 0 aliphatic carbocycles. The average molecular weight is 470 g/mol. The Hall–Kier alpha value is -2.51. The van der Waals surface area contributed by atoms with Gasteiger partial charge in [0.1, 0.15) is 5.82 Å². The van der Waals surface area contributed by atoms with Crippen LogP contribution >= 0.6 is 0 Å². The van der Waals surface area contributed by atoms with Crippen LogP contribution < -0.4 is 5.56 Å². The number of fused-ring (bicyclic) bond motifs is 1. The summed E-state index contributed by atoms with van der Waals surface area (Å²) in [6.07, 6.45) is 4.59. The lowest BCUT2D eigenvalue weighted by Crippen LogP contribution is -2.38. The second-order valence-corrected chi connectivity index (χ2v) is 10.5. The predicted molar refractivity (Wildman–Crippen MR) is 134 cm³/mol. The molecule has 3 aromatic rings. The van der Waals surface area contributed by atoms with Crippen LogP contribution in [0, 0.1) is 6.92 Å². The van der Waals surface area contributed by atoms with Crippen molar-refractivity contribution < 1.29 is 8.42 Å². The highest BCUT2D eigenvalue weighted by molar-refractivity contribution is 7.89. The first-order valence-electron chi connectivity index (χ1n) is 11.9. The van der Waals surface area contributed by atoms with Crippen molar-refractivity contribution in [2.45, 2.75) is 77.3 Å². The molecule has 1 heterocycles. The van der Waals surface area contributed by atoms with E-state index in [1.54, 1.807) is 22.8 Å². The minimum absolute atomic E-state index is 0.122. The Morgan fingerprint density at radius 3 is 2.33 bits per heavy atom. The molecule has 1 aromatic heterocycles. The van der Waals surface area contributed by atoms with Gasteiger partial charge in [0, 0.05) is 13.1 Å². The maximum atomic E-state index is 13.8. The first-order valence-corrected chi connectivity index (χ1v) is 13.3. The van der Waals surface area contributed by atoms with Crippen molar-refractivity contribution >= 4 is 20.9 Å². The smallest absolute Gasteiger partial charge is 0.261 e. The van der Waals surface area contributed by atoms with E-state index in [4.69, 9.17) is 4.98 Å². The minimum atomic E-state index is -3.77. The lowest BCUT2D eigenvalue weighted by atomic mass is 10.2. The normalized spacial score (nSPS) is 13.0. The minimum Gasteiger partial charge on any atom is -0.295 e. The molecule has 0 radical (unpaired) electrons. The van der Waals surface area contributed by atoms with E-state index in [0.29, 0.717) is 29.8 Å². The molecule has 0 saturated heterocycles. The van der Waals surface area contributed by atoms with E-state index >= 15 is 0 Å². The summed E-state index contributed by atoms with van der Waals surface area (Å²) in [5.41, 5.74) is 1.47. The van der Waals surface area contributed by atoms with E-state index in [9.17, 15) is 13.2 Å². The summed E-state index contributed by atoms with van der Waals surface area (Å²) < 4.78 is 30.7. The Kier molecular flexibility index (Phi) is 8.43. The predicted octanol–water partition coefficient (Wildman–Crippen LogP) is 5.45. The fourth-order valence-electron chi connectivity index (χ4n) is 4.13. The third-order valence-electron chi connectivity index (χ3n) is 6.00. The Labute approximate surface area is 197 Å². The maximum absolute atomic E-state index is 13.8. The molecule has 1 unspecified atom stereocenters. The topological polar surface area (TPSA) is 72.3 Å². The highest BCUT2D eigenvalue weighted by Crippen LogP contribution is 2.28. The molecule has 0 saturated carbocycles. The number of nitrogens with zero attached hydrogens (tertiary/aromatic N) is 3. The van der Waals surface area contributed by atoms with E-state index in [1.807, 2.05) is 51.1 Å². The number of para-hydroxylation sites is 1. The van der Waals surface area contributed by atoms with Crippen LogP contribution in [-0.2, 0) is 16.6 Å². The van der Waals surface area contributed by atoms with Crippen molar-refractivity contribution in [1.82, 2.24) is 13.9 Å². The molecular formula is C26H35N3O3S. The van der Waals surface area contributed by atoms with Crippen molar-refractivity contribution in [1.29, 1.82) is 0 Å². The van der Waals surface area contributed by atoms with Gasteiger partial charge in [-0.1, -0.05) is 62.9 Å². The summed E-state index contributed by atoms with van der Waals surface area (Å²) in [7, 11) is -3.77. The van der Waals surface area contributed by atoms with Crippen molar-refractivity contribution in [2.75, 3.05) is 6.54 Å². The molecule has 33 heavy (non-hydrogen) atoms. The van der Waals surface area contributed by atoms with Gasteiger partial charge >= 0.3 is 0 Å². The van der Waals surface area contributed by atoms with Gasteiger partial charge in [0.05, 0.1) is 21.8 Å². The quantitative estimate of drug-likeness (QED) is 0.350. The average Bonchev–Trinajstić information content (AvgIpc) is 2.80. The second-order valence-electron chi connectivity index (χ2n) is 8.61. The molecule has 0 N–H and O–H groups in total. The van der Waals surface area contributed by atoms with Crippen LogP contribution in [0.5, 0.6) is 0 Å². The molecule has 7 heteroatoms. The monoisotopic (exact) mass is 469 g/mol. The van der Waals surface area contributed by atoms with Gasteiger partial charge in [-0.2, -0.15) is 4.31 Å². The highest BCUT2D eigenvalue weighted by Gasteiger charge is 2.32. The van der Waals surface area contributed by atoms with Crippen molar-refractivity contribution in [3.63, 3.8) is 0 Å². The van der Waals surface area contributed by atoms with Crippen LogP contribution in [0.25, 0.3) is 10.9 Å². The standard InChI is InChI=1S/C26H35N3O3S/c1-5-7-8-11-19-29(33(31,32)22-16-14-20(3)15-17-22)21(4)25-27-24-13-10-9-12-23(24)26(30)28(25)18-6-2/h9-10,12-17,21H,5-8,11,18-19H2,1-4H3. The number of aromatic nitrogens is 2. The third-order valence-corrected chi connectivity index (χ3v) is 7.99. The molecule has 0 aliphatic rings. The second kappa shape index (κ2) is 11.1. The molecule has 0 fully saturated rings. The number of unbranched alkanes of at least 4 members (excludes halogenated alkanes) is 3. The third kappa shape index (κ3) is 5.53. The van der Waals surface area contributed by atoms with Crippen LogP contribution in [0.4, 0.5) is 0 Å². The fourth-order valence-corrected chi connectivity index (χ4v) is 5.77. The first-order chi connectivity index (χ1) is 15.8. The molecule has 2 aromatic carbocycles. The molecule has 0 spiro atoms. The molecule has 0 amide bonds. The number of rotatable bonds is 11. The van der Waals surface area contributed by atoms with Crippen LogP contribution in [0.2, 0.25) is 0 Å². The van der Waals surface area contributed by atoms with Gasteiger partial charge in [-0.15, -0.1) is 0 Å². The number of hydrogen-bond donors (Lipinski definition) is 0. The molecule has 178 valence electrons. The van der Waals surface area contributed by atoms with E-state index < -0.39 is 16.1 Å². The molecule has 3 rings (SSSR count). The van der Waals surface area contributed by atoms with Gasteiger partial charge in [0.2, 0.25) is 10.0 Å². The summed E-state index contributed by atoms with van der Waals surface area (Å²) in [5.74, 6) is 0.492. The first kappa shape index (κ1) is 25.1. The van der Waals surface area contributed by atoms with E-state index in [2.05, 4.69) is 6.92 Å². The zero-order valence-electron chi connectivity index (χ0n) is 20.1. The zero-order chi connectivity index (χ0) is 24.0. The van der Waals surface area contributed by atoms with Crippen molar-refractivity contribution in [3.05, 3.63) is 70.3 Å². The van der Waals surface area contributed by atoms with Gasteiger partial charge < -0.3 is 0 Å². The van der Waals surface area contributed by atoms with Gasteiger partial charge in [-0.25, -0.2) is 13.4 Å². The van der Waals surface area contributed by atoms with Crippen molar-refractivity contribution in [3.8, 4) is 0 Å². The summed E-state index contributed by atoms with van der Waals surface area (Å²) in [6.45, 7) is 8.78. The maximum Gasteiger partial charge on any atom is 0.261 e. The van der Waals surface area contributed by atoms with Gasteiger partial charge in [-0.05, 0) is 51.0 Å². The zero-order valence-corrected chi connectivity index (χ0v) is 20.9. The van der Waals surface area contributed by atoms with E-state index in [1.165, 1.54) is 4.31 Å². The Morgan fingerprint density at radius 2 is 1.67 bits per heavy atom. The van der Waals surface area contributed by atoms with E-state index in [0.717, 1.165) is 37.7 Å². The number of hydrogen-bond acceptors (Lipinski definition) is 4. The Bertz CT molecular complexity index is 1230. The Morgan fingerprint density at radius 1 is 0.970 bits per heavy atom. The highest BCUT2D eigenvalue weighted by atomic mass is 32.2. The largest absolute Gasteiger partial charge is 0.295 e. The molecule has 6 nitrogen and oxygen atoms in total. The summed E-state index contributed by atoms with van der Waals surface area (Å²) in [5, 5.41) is 0.554. The number of sulfonamides is 1. The van der Waals surface area contributed by atoms with Gasteiger partial charge in [-0.3, -0.25) is 9.36 Å². The lowest BCUT2D eigenvalue weighted by Gasteiger charge is -2.30. The molecule has 0 aliphatic heterocycles. The van der Waals surface area contributed by atoms with Gasteiger partial charge in [0.15, 0.2) is 0 Å². The fraction of sp³-hybridized carbons (Fsp3) is 0.462. The Balaban J connectivity index is 2.12. The molecular weight excluding hydrogens is 434 g/mol. The summed E-state index contributed by atoms with van der Waals surface area (Å²) in [4.78, 5) is 18.3. The summed E-state index contributed by atoms with van der Waals surface area (Å²) >= 11 is 0. The van der Waals surface area contributed by atoms with Crippen LogP contribution in [0.1, 0.15) is 70.3 Å². The molecule has 0 bridgehead atoms. The SMILES string of the molecule is CCCCCCN(C(C)c1nc2ccccc2c(=O)n1CCC)S(=O)(=O)c1ccc(C)cc1. The summed E-state index contributed by atoms with van der Waals surface area (Å²) in [6, 6.07) is 13.6. The van der Waals surface area contributed by atoms with Gasteiger partial charge in [0.25, 0.3) is 5.56 Å². The molecule has 1 atom stereocenters. The van der Waals surface area contributed by atoms with Crippen LogP contribution in [0.15, 0.2) is 58.2 Å². The van der Waals surface area contributed by atoms with Crippen molar-refractivity contribution in [2.24, 2.45) is 0 Å². The van der Waals surface area contributed by atoms with Crippen LogP contribution in [0.3, 0.4) is 0 Å². The van der Waals surface area contributed by atoms with Crippen LogP contribution in [-0.4, -0.2) is 28.8 Å². The van der Waals surface area contributed by atoms with E-state index in [-0.39, 0.29) is 10.5 Å².